The molecule has 0 spiro atoms. The van der Waals surface area contributed by atoms with E-state index in [2.05, 4.69) is 0 Å². The molecular formula is C22H27F3N2O5S. The first-order valence-corrected chi connectivity index (χ1v) is 11.4. The monoisotopic (exact) mass is 488 g/mol. The highest BCUT2D eigenvalue weighted by molar-refractivity contribution is 7.87. The molecule has 0 aliphatic heterocycles. The third-order valence-corrected chi connectivity index (χ3v) is 5.72. The van der Waals surface area contributed by atoms with Crippen molar-refractivity contribution in [2.75, 3.05) is 27.7 Å². The number of halogens is 3. The van der Waals surface area contributed by atoms with Gasteiger partial charge in [0.1, 0.15) is 4.90 Å². The van der Waals surface area contributed by atoms with Crippen LogP contribution in [0, 0.1) is 5.92 Å². The fourth-order valence-corrected chi connectivity index (χ4v) is 4.01. The summed E-state index contributed by atoms with van der Waals surface area (Å²) in [5.74, 6) is 0.0574. The molecule has 0 heterocycles. The first kappa shape index (κ1) is 26.3. The number of alkyl halides is 3. The number of amides is 2. The number of carbonyl (C=O) groups is 1. The summed E-state index contributed by atoms with van der Waals surface area (Å²) in [6, 6.07) is 7.57. The Morgan fingerprint density at radius 1 is 1.06 bits per heavy atom. The van der Waals surface area contributed by atoms with E-state index >= 15 is 0 Å². The molecule has 0 aliphatic rings. The minimum absolute atomic E-state index is 0.0728. The van der Waals surface area contributed by atoms with Crippen LogP contribution in [0.2, 0.25) is 0 Å². The normalized spacial score (nSPS) is 11.9. The molecule has 0 saturated carbocycles. The number of hydrogen-bond acceptors (Lipinski definition) is 5. The van der Waals surface area contributed by atoms with E-state index in [1.54, 1.807) is 25.1 Å². The SMILES string of the molecule is COc1ccc(CN(CC(C)C)C(=O)N(C)C)cc1OS(=O)(=O)c1cccc(C(F)(F)F)c1. The van der Waals surface area contributed by atoms with E-state index in [-0.39, 0.29) is 30.0 Å². The van der Waals surface area contributed by atoms with Gasteiger partial charge >= 0.3 is 22.3 Å². The molecule has 11 heteroatoms. The van der Waals surface area contributed by atoms with Crippen molar-refractivity contribution in [3.8, 4) is 11.5 Å². The van der Waals surface area contributed by atoms with Gasteiger partial charge in [-0.05, 0) is 41.8 Å². The number of methoxy groups -OCH3 is 1. The summed E-state index contributed by atoms with van der Waals surface area (Å²) in [6.07, 6.45) is -4.71. The van der Waals surface area contributed by atoms with Crippen LogP contribution in [0.4, 0.5) is 18.0 Å². The molecule has 0 saturated heterocycles. The highest BCUT2D eigenvalue weighted by Gasteiger charge is 2.32. The Balaban J connectivity index is 2.39. The van der Waals surface area contributed by atoms with Gasteiger partial charge in [-0.1, -0.05) is 26.0 Å². The summed E-state index contributed by atoms with van der Waals surface area (Å²) in [4.78, 5) is 14.9. The molecule has 0 atom stereocenters. The van der Waals surface area contributed by atoms with Gasteiger partial charge in [0.15, 0.2) is 11.5 Å². The number of benzene rings is 2. The summed E-state index contributed by atoms with van der Waals surface area (Å²) < 4.78 is 74.7. The Bertz CT molecular complexity index is 1090. The Hall–Kier alpha value is -2.95. The second-order valence-electron chi connectivity index (χ2n) is 8.00. The third-order valence-electron chi connectivity index (χ3n) is 4.49. The predicted octanol–water partition coefficient (Wildman–Crippen LogP) is 4.62. The van der Waals surface area contributed by atoms with Gasteiger partial charge in [-0.3, -0.25) is 0 Å². The zero-order chi connectivity index (χ0) is 25.0. The standard InChI is InChI=1S/C22H27F3N2O5S/c1-15(2)13-27(21(28)26(3)4)14-16-9-10-19(31-5)20(11-16)32-33(29,30)18-8-6-7-17(12-18)22(23,24)25/h6-12,15H,13-14H2,1-5H3. The summed E-state index contributed by atoms with van der Waals surface area (Å²) in [5, 5.41) is 0. The van der Waals surface area contributed by atoms with Crippen LogP contribution in [0.25, 0.3) is 0 Å². The topological polar surface area (TPSA) is 76.2 Å². The number of ether oxygens (including phenoxy) is 1. The first-order chi connectivity index (χ1) is 15.2. The van der Waals surface area contributed by atoms with Gasteiger partial charge < -0.3 is 18.7 Å². The van der Waals surface area contributed by atoms with Crippen molar-refractivity contribution >= 4 is 16.1 Å². The number of hydrogen-bond donors (Lipinski definition) is 0. The Morgan fingerprint density at radius 3 is 2.27 bits per heavy atom. The van der Waals surface area contributed by atoms with Crippen LogP contribution in [-0.4, -0.2) is 52.0 Å². The average molecular weight is 489 g/mol. The molecule has 0 fully saturated rings. The van der Waals surface area contributed by atoms with Crippen molar-refractivity contribution in [1.82, 2.24) is 9.80 Å². The van der Waals surface area contributed by atoms with Crippen LogP contribution < -0.4 is 8.92 Å². The number of nitrogens with zero attached hydrogens (tertiary/aromatic N) is 2. The van der Waals surface area contributed by atoms with Crippen LogP contribution >= 0.6 is 0 Å². The zero-order valence-electron chi connectivity index (χ0n) is 19.0. The second-order valence-corrected chi connectivity index (χ2v) is 9.55. The lowest BCUT2D eigenvalue weighted by atomic mass is 10.1. The van der Waals surface area contributed by atoms with Gasteiger partial charge in [0.05, 0.1) is 12.7 Å². The largest absolute Gasteiger partial charge is 0.493 e. The lowest BCUT2D eigenvalue weighted by Gasteiger charge is -2.28. The van der Waals surface area contributed by atoms with Crippen LogP contribution in [0.3, 0.4) is 0 Å². The molecule has 0 N–H and O–H groups in total. The molecule has 33 heavy (non-hydrogen) atoms. The van der Waals surface area contributed by atoms with Crippen molar-refractivity contribution in [3.05, 3.63) is 53.6 Å². The summed E-state index contributed by atoms with van der Waals surface area (Å²) in [6.45, 7) is 4.54. The molecule has 2 rings (SSSR count). The molecule has 0 aromatic heterocycles. The molecule has 182 valence electrons. The average Bonchev–Trinajstić information content (AvgIpc) is 2.71. The molecule has 0 bridgehead atoms. The van der Waals surface area contributed by atoms with E-state index in [4.69, 9.17) is 8.92 Å². The van der Waals surface area contributed by atoms with Crippen LogP contribution in [0.15, 0.2) is 47.4 Å². The smallest absolute Gasteiger partial charge is 0.416 e. The van der Waals surface area contributed by atoms with Gasteiger partial charge in [0, 0.05) is 27.2 Å². The molecule has 0 radical (unpaired) electrons. The van der Waals surface area contributed by atoms with Crippen molar-refractivity contribution in [1.29, 1.82) is 0 Å². The fraction of sp³-hybridized carbons (Fsp3) is 0.409. The second kappa shape index (κ2) is 10.3. The van der Waals surface area contributed by atoms with E-state index in [9.17, 15) is 26.4 Å². The van der Waals surface area contributed by atoms with Crippen molar-refractivity contribution in [2.45, 2.75) is 31.5 Å². The lowest BCUT2D eigenvalue weighted by molar-refractivity contribution is -0.137. The molecule has 2 aromatic rings. The van der Waals surface area contributed by atoms with E-state index in [0.29, 0.717) is 18.2 Å². The van der Waals surface area contributed by atoms with E-state index in [1.165, 1.54) is 24.1 Å². The fourth-order valence-electron chi connectivity index (χ4n) is 3.03. The predicted molar refractivity (Wildman–Crippen MR) is 117 cm³/mol. The number of rotatable bonds is 8. The van der Waals surface area contributed by atoms with Crippen LogP contribution in [-0.2, 0) is 22.8 Å². The highest BCUT2D eigenvalue weighted by Crippen LogP contribution is 2.34. The quantitative estimate of drug-likeness (QED) is 0.507. The van der Waals surface area contributed by atoms with Crippen LogP contribution in [0.5, 0.6) is 11.5 Å². The molecule has 2 amide bonds. The summed E-state index contributed by atoms with van der Waals surface area (Å²) in [7, 11) is -0.0368. The zero-order valence-corrected chi connectivity index (χ0v) is 19.8. The lowest BCUT2D eigenvalue weighted by Crippen LogP contribution is -2.40. The van der Waals surface area contributed by atoms with Crippen molar-refractivity contribution < 1.29 is 35.3 Å². The van der Waals surface area contributed by atoms with E-state index in [1.807, 2.05) is 13.8 Å². The Morgan fingerprint density at radius 2 is 1.73 bits per heavy atom. The van der Waals surface area contributed by atoms with Gasteiger partial charge in [-0.2, -0.15) is 21.6 Å². The van der Waals surface area contributed by atoms with E-state index < -0.39 is 26.8 Å². The molecule has 0 aliphatic carbocycles. The highest BCUT2D eigenvalue weighted by atomic mass is 32.2. The van der Waals surface area contributed by atoms with Gasteiger partial charge in [-0.15, -0.1) is 0 Å². The van der Waals surface area contributed by atoms with Crippen LogP contribution in [0.1, 0.15) is 25.0 Å². The third kappa shape index (κ3) is 7.01. The van der Waals surface area contributed by atoms with E-state index in [0.717, 1.165) is 18.2 Å². The first-order valence-electron chi connectivity index (χ1n) is 9.99. The molecule has 7 nitrogen and oxygen atoms in total. The van der Waals surface area contributed by atoms with Crippen molar-refractivity contribution in [3.63, 3.8) is 0 Å². The minimum Gasteiger partial charge on any atom is -0.493 e. The number of urea groups is 1. The molecular weight excluding hydrogens is 461 g/mol. The summed E-state index contributed by atoms with van der Waals surface area (Å²) in [5.41, 5.74) is -0.555. The van der Waals surface area contributed by atoms with Gasteiger partial charge in [-0.25, -0.2) is 4.79 Å². The maximum atomic E-state index is 13.0. The minimum atomic E-state index is -4.71. The number of carbonyl (C=O) groups excluding carboxylic acids is 1. The molecule has 2 aromatic carbocycles. The van der Waals surface area contributed by atoms with Gasteiger partial charge in [0.25, 0.3) is 0 Å². The summed E-state index contributed by atoms with van der Waals surface area (Å²) >= 11 is 0. The molecule has 0 unspecified atom stereocenters. The van der Waals surface area contributed by atoms with Gasteiger partial charge in [0.2, 0.25) is 0 Å². The maximum Gasteiger partial charge on any atom is 0.416 e. The Kier molecular flexibility index (Phi) is 8.23. The maximum absolute atomic E-state index is 13.0. The van der Waals surface area contributed by atoms with Crippen molar-refractivity contribution in [2.24, 2.45) is 5.92 Å². The Labute approximate surface area is 191 Å².